The third kappa shape index (κ3) is 1.10. The predicted molar refractivity (Wildman–Crippen MR) is 53.7 cm³/mol. The Morgan fingerprint density at radius 2 is 1.75 bits per heavy atom. The van der Waals surface area contributed by atoms with Gasteiger partial charge in [0.1, 0.15) is 0 Å². The summed E-state index contributed by atoms with van der Waals surface area (Å²) in [5.41, 5.74) is 3.67. The minimum atomic E-state index is 0.646. The number of hydrogen-bond acceptors (Lipinski definition) is 2. The van der Waals surface area contributed by atoms with Gasteiger partial charge in [-0.2, -0.15) is 0 Å². The number of amidine groups is 1. The van der Waals surface area contributed by atoms with E-state index in [2.05, 4.69) is 26.0 Å². The molecule has 62 valence electrons. The summed E-state index contributed by atoms with van der Waals surface area (Å²) in [5.74, 6) is 0. The van der Waals surface area contributed by atoms with Gasteiger partial charge in [0.25, 0.3) is 0 Å². The molecule has 1 heterocycles. The molecule has 1 aliphatic rings. The van der Waals surface area contributed by atoms with Gasteiger partial charge in [-0.05, 0) is 25.0 Å². The van der Waals surface area contributed by atoms with Crippen LogP contribution in [0.4, 0.5) is 5.69 Å². The Kier molecular flexibility index (Phi) is 1.61. The molecular formula is C9H10N2S. The van der Waals surface area contributed by atoms with Crippen LogP contribution in [0.1, 0.15) is 11.1 Å². The summed E-state index contributed by atoms with van der Waals surface area (Å²) >= 11 is 1.49. The van der Waals surface area contributed by atoms with Crippen LogP contribution >= 0.6 is 11.9 Å². The topological polar surface area (TPSA) is 26.9 Å². The van der Waals surface area contributed by atoms with Crippen molar-refractivity contribution in [2.24, 2.45) is 0 Å². The van der Waals surface area contributed by atoms with Gasteiger partial charge in [-0.15, -0.1) is 0 Å². The molecule has 1 fully saturated rings. The van der Waals surface area contributed by atoms with Crippen molar-refractivity contribution in [3.05, 3.63) is 29.3 Å². The Bertz CT molecular complexity index is 326. The average Bonchev–Trinajstić information content (AvgIpc) is 2.67. The number of para-hydroxylation sites is 1. The molecule has 0 aliphatic carbocycles. The minimum Gasteiger partial charge on any atom is -0.276 e. The van der Waals surface area contributed by atoms with Crippen LogP contribution in [-0.2, 0) is 0 Å². The van der Waals surface area contributed by atoms with Crippen molar-refractivity contribution in [1.82, 2.24) is 0 Å². The van der Waals surface area contributed by atoms with Gasteiger partial charge in [-0.25, -0.2) is 0 Å². The highest BCUT2D eigenvalue weighted by Gasteiger charge is 2.31. The van der Waals surface area contributed by atoms with Gasteiger partial charge in [0.05, 0.1) is 5.69 Å². The van der Waals surface area contributed by atoms with Gasteiger partial charge in [0, 0.05) is 11.9 Å². The van der Waals surface area contributed by atoms with E-state index in [1.165, 1.54) is 28.8 Å². The quantitative estimate of drug-likeness (QED) is 0.528. The van der Waals surface area contributed by atoms with Gasteiger partial charge in [-0.3, -0.25) is 9.71 Å². The SMILES string of the molecule is Cc1cccc(C)c1N1SC1=N. The molecule has 3 heteroatoms. The largest absolute Gasteiger partial charge is 0.276 e. The highest BCUT2D eigenvalue weighted by Crippen LogP contribution is 2.41. The van der Waals surface area contributed by atoms with E-state index in [1.807, 2.05) is 10.4 Å². The minimum absolute atomic E-state index is 0.646. The van der Waals surface area contributed by atoms with Crippen molar-refractivity contribution in [3.8, 4) is 0 Å². The molecule has 0 saturated carbocycles. The molecule has 0 unspecified atom stereocenters. The zero-order valence-electron chi connectivity index (χ0n) is 7.09. The monoisotopic (exact) mass is 178 g/mol. The number of anilines is 1. The van der Waals surface area contributed by atoms with Crippen LogP contribution in [0.25, 0.3) is 0 Å². The Labute approximate surface area is 76.2 Å². The maximum absolute atomic E-state index is 7.39. The van der Waals surface area contributed by atoms with E-state index >= 15 is 0 Å². The summed E-state index contributed by atoms with van der Waals surface area (Å²) in [6.45, 7) is 4.16. The lowest BCUT2D eigenvalue weighted by molar-refractivity contribution is 1.35. The molecule has 12 heavy (non-hydrogen) atoms. The molecule has 2 nitrogen and oxygen atoms in total. The van der Waals surface area contributed by atoms with E-state index in [4.69, 9.17) is 5.41 Å². The van der Waals surface area contributed by atoms with E-state index in [9.17, 15) is 0 Å². The second kappa shape index (κ2) is 2.52. The van der Waals surface area contributed by atoms with Crippen LogP contribution in [0.3, 0.4) is 0 Å². The molecule has 0 spiro atoms. The van der Waals surface area contributed by atoms with Crippen LogP contribution in [-0.4, -0.2) is 5.17 Å². The Morgan fingerprint density at radius 1 is 1.25 bits per heavy atom. The fourth-order valence-electron chi connectivity index (χ4n) is 1.34. The summed E-state index contributed by atoms with van der Waals surface area (Å²) in [6, 6.07) is 6.20. The summed E-state index contributed by atoms with van der Waals surface area (Å²) in [5, 5.41) is 8.03. The third-order valence-corrected chi connectivity index (χ3v) is 2.70. The summed E-state index contributed by atoms with van der Waals surface area (Å²) in [4.78, 5) is 0. The lowest BCUT2D eigenvalue weighted by Crippen LogP contribution is -1.96. The van der Waals surface area contributed by atoms with Crippen molar-refractivity contribution >= 4 is 22.8 Å². The van der Waals surface area contributed by atoms with Crippen LogP contribution in [0.5, 0.6) is 0 Å². The fourth-order valence-corrected chi connectivity index (χ4v) is 1.94. The number of benzene rings is 1. The molecule has 1 aromatic rings. The van der Waals surface area contributed by atoms with Gasteiger partial charge in [0.2, 0.25) is 0 Å². The normalized spacial score (nSPS) is 15.2. The average molecular weight is 178 g/mol. The zero-order valence-corrected chi connectivity index (χ0v) is 7.90. The maximum Gasteiger partial charge on any atom is 0.193 e. The van der Waals surface area contributed by atoms with E-state index < -0.39 is 0 Å². The lowest BCUT2D eigenvalue weighted by Gasteiger charge is -2.07. The molecule has 0 bridgehead atoms. The first kappa shape index (κ1) is 7.68. The molecule has 0 amide bonds. The summed E-state index contributed by atoms with van der Waals surface area (Å²) in [6.07, 6.45) is 0. The molecule has 0 radical (unpaired) electrons. The van der Waals surface area contributed by atoms with Crippen molar-refractivity contribution in [2.75, 3.05) is 4.31 Å². The Balaban J connectivity index is 2.48. The van der Waals surface area contributed by atoms with E-state index in [-0.39, 0.29) is 0 Å². The lowest BCUT2D eigenvalue weighted by atomic mass is 10.1. The Morgan fingerprint density at radius 3 is 2.17 bits per heavy atom. The summed E-state index contributed by atoms with van der Waals surface area (Å²) in [7, 11) is 0. The molecule has 1 aromatic carbocycles. The molecule has 1 aliphatic heterocycles. The van der Waals surface area contributed by atoms with E-state index in [0.717, 1.165) is 0 Å². The molecule has 2 rings (SSSR count). The van der Waals surface area contributed by atoms with Crippen LogP contribution in [0.15, 0.2) is 18.2 Å². The molecule has 0 atom stereocenters. The first-order valence-corrected chi connectivity index (χ1v) is 4.60. The highest BCUT2D eigenvalue weighted by atomic mass is 32.2. The predicted octanol–water partition coefficient (Wildman–Crippen LogP) is 2.71. The zero-order chi connectivity index (χ0) is 8.72. The number of nitrogens with one attached hydrogen (secondary N) is 1. The van der Waals surface area contributed by atoms with Gasteiger partial charge < -0.3 is 0 Å². The number of nitrogens with zero attached hydrogens (tertiary/aromatic N) is 1. The van der Waals surface area contributed by atoms with Gasteiger partial charge in [0.15, 0.2) is 5.17 Å². The molecule has 1 N–H and O–H groups in total. The smallest absolute Gasteiger partial charge is 0.193 e. The maximum atomic E-state index is 7.39. The van der Waals surface area contributed by atoms with Crippen molar-refractivity contribution in [1.29, 1.82) is 5.41 Å². The van der Waals surface area contributed by atoms with Gasteiger partial charge in [-0.1, -0.05) is 18.2 Å². The van der Waals surface area contributed by atoms with E-state index in [0.29, 0.717) is 5.17 Å². The van der Waals surface area contributed by atoms with Crippen LogP contribution in [0.2, 0.25) is 0 Å². The molecule has 1 saturated heterocycles. The molecule has 0 aromatic heterocycles. The van der Waals surface area contributed by atoms with Crippen LogP contribution < -0.4 is 4.31 Å². The number of hydrogen-bond donors (Lipinski definition) is 1. The van der Waals surface area contributed by atoms with Crippen molar-refractivity contribution in [2.45, 2.75) is 13.8 Å². The fraction of sp³-hybridized carbons (Fsp3) is 0.222. The first-order chi connectivity index (χ1) is 5.70. The third-order valence-electron chi connectivity index (χ3n) is 1.97. The summed E-state index contributed by atoms with van der Waals surface area (Å²) < 4.78 is 1.95. The molecular weight excluding hydrogens is 168 g/mol. The standard InChI is InChI=1S/C9H10N2S/c1-6-4-3-5-7(2)8(6)11-9(10)12-11/h3-5,10H,1-2H3. The Hall–Kier alpha value is -0.960. The highest BCUT2D eigenvalue weighted by molar-refractivity contribution is 8.26. The number of rotatable bonds is 1. The second-order valence-corrected chi connectivity index (χ2v) is 3.87. The van der Waals surface area contributed by atoms with Crippen LogP contribution in [0, 0.1) is 19.3 Å². The number of aryl methyl sites for hydroxylation is 2. The van der Waals surface area contributed by atoms with Gasteiger partial charge >= 0.3 is 0 Å². The first-order valence-electron chi connectivity index (χ1n) is 3.83. The van der Waals surface area contributed by atoms with Crippen molar-refractivity contribution in [3.63, 3.8) is 0 Å². The van der Waals surface area contributed by atoms with E-state index in [1.54, 1.807) is 0 Å². The van der Waals surface area contributed by atoms with Crippen molar-refractivity contribution < 1.29 is 0 Å². The second-order valence-electron chi connectivity index (χ2n) is 2.93.